The molecule has 0 unspecified atom stereocenters. The maximum Gasteiger partial charge on any atom is 0.416 e. The molecule has 2 aliphatic rings. The number of ether oxygens (including phenoxy) is 1. The molecule has 0 saturated carbocycles. The van der Waals surface area contributed by atoms with Crippen LogP contribution in [0.25, 0.3) is 17.4 Å². The van der Waals surface area contributed by atoms with Gasteiger partial charge in [0.2, 0.25) is 11.7 Å². The van der Waals surface area contributed by atoms with E-state index in [-0.39, 0.29) is 58.7 Å². The maximum absolute atomic E-state index is 14.2. The van der Waals surface area contributed by atoms with E-state index < -0.39 is 34.7 Å². The number of likely N-dealkylation sites (tertiary alicyclic amines) is 1. The standard InChI is InChI=1S/C35H36ClF3N8O5/c1-5-26-23(13-20-15-34(3,4)46(16-20)32(51)28-29(49)19(2)40-18-41-28)31(50)47-33(43-30(44-47)21-7-6-11-52-12-10-21)45(26)17-27(48)42-25-9-8-22(14-24(25)36)35(37,38)39/h7-9,13-14,18,49H,5-6,10-12,15-17H2,1-4H3,(H,42,48). The molecule has 0 aliphatic carbocycles. The molecule has 2 aliphatic heterocycles. The first kappa shape index (κ1) is 36.7. The van der Waals surface area contributed by atoms with Gasteiger partial charge in [-0.2, -0.15) is 22.7 Å². The van der Waals surface area contributed by atoms with Crippen LogP contribution < -0.4 is 10.9 Å². The molecule has 0 bridgehead atoms. The highest BCUT2D eigenvalue weighted by Gasteiger charge is 2.40. The minimum atomic E-state index is -4.62. The molecule has 274 valence electrons. The van der Waals surface area contributed by atoms with Crippen LogP contribution in [0.15, 0.2) is 41.0 Å². The summed E-state index contributed by atoms with van der Waals surface area (Å²) in [7, 11) is 0. The third-order valence-electron chi connectivity index (χ3n) is 9.11. The van der Waals surface area contributed by atoms with Crippen molar-refractivity contribution >= 4 is 46.5 Å². The summed E-state index contributed by atoms with van der Waals surface area (Å²) in [6, 6.07) is 2.63. The lowest BCUT2D eigenvalue weighted by Gasteiger charge is -2.30. The number of alkyl halides is 3. The summed E-state index contributed by atoms with van der Waals surface area (Å²) in [4.78, 5) is 55.6. The topological polar surface area (TPSA) is 157 Å². The zero-order chi connectivity index (χ0) is 37.5. The zero-order valence-corrected chi connectivity index (χ0v) is 29.6. The van der Waals surface area contributed by atoms with Gasteiger partial charge in [-0.3, -0.25) is 14.4 Å². The first-order chi connectivity index (χ1) is 24.6. The summed E-state index contributed by atoms with van der Waals surface area (Å²) in [5.41, 5.74) is 0.115. The Morgan fingerprint density at radius 3 is 2.67 bits per heavy atom. The van der Waals surface area contributed by atoms with Crippen molar-refractivity contribution in [3.8, 4) is 5.75 Å². The highest BCUT2D eigenvalue weighted by Crippen LogP contribution is 2.36. The van der Waals surface area contributed by atoms with Crippen LogP contribution in [0, 0.1) is 6.92 Å². The van der Waals surface area contributed by atoms with Gasteiger partial charge in [-0.1, -0.05) is 24.6 Å². The Morgan fingerprint density at radius 2 is 1.96 bits per heavy atom. The van der Waals surface area contributed by atoms with Crippen molar-refractivity contribution in [2.24, 2.45) is 0 Å². The summed E-state index contributed by atoms with van der Waals surface area (Å²) in [6.45, 7) is 7.81. The van der Waals surface area contributed by atoms with Crippen LogP contribution in [0.3, 0.4) is 0 Å². The Morgan fingerprint density at radius 1 is 1.19 bits per heavy atom. The summed E-state index contributed by atoms with van der Waals surface area (Å²) in [5.74, 6) is -1.05. The smallest absolute Gasteiger partial charge is 0.416 e. The molecule has 4 aromatic rings. The summed E-state index contributed by atoms with van der Waals surface area (Å²) >= 11 is 6.13. The van der Waals surface area contributed by atoms with Gasteiger partial charge in [-0.25, -0.2) is 9.97 Å². The lowest BCUT2D eigenvalue weighted by molar-refractivity contribution is -0.137. The van der Waals surface area contributed by atoms with Gasteiger partial charge in [0, 0.05) is 17.8 Å². The van der Waals surface area contributed by atoms with E-state index in [2.05, 4.69) is 20.4 Å². The van der Waals surface area contributed by atoms with Gasteiger partial charge in [0.25, 0.3) is 11.5 Å². The lowest BCUT2D eigenvalue weighted by atomic mass is 9.98. The molecule has 1 fully saturated rings. The predicted molar refractivity (Wildman–Crippen MR) is 186 cm³/mol. The van der Waals surface area contributed by atoms with E-state index in [1.807, 2.05) is 26.8 Å². The minimum absolute atomic E-state index is 0.0225. The lowest BCUT2D eigenvalue weighted by Crippen LogP contribution is -2.43. The zero-order valence-electron chi connectivity index (χ0n) is 28.8. The number of fused-ring (bicyclic) bond motifs is 1. The van der Waals surface area contributed by atoms with Crippen molar-refractivity contribution in [2.75, 3.05) is 25.1 Å². The summed E-state index contributed by atoms with van der Waals surface area (Å²) in [6.07, 6.45) is 2.03. The molecule has 2 amide bonds. The number of carbonyl (C=O) groups excluding carboxylic acids is 2. The Bertz CT molecular complexity index is 2210. The fraction of sp³-hybridized carbons (Fsp3) is 0.400. The number of anilines is 1. The number of nitrogens with zero attached hydrogens (tertiary/aromatic N) is 7. The number of halogens is 4. The number of rotatable bonds is 7. The van der Waals surface area contributed by atoms with Gasteiger partial charge < -0.3 is 24.6 Å². The molecule has 2 N–H and O–H groups in total. The van der Waals surface area contributed by atoms with Crippen molar-refractivity contribution in [2.45, 2.75) is 71.6 Å². The molecule has 1 aromatic carbocycles. The van der Waals surface area contributed by atoms with Crippen molar-refractivity contribution in [1.82, 2.24) is 34.0 Å². The SMILES string of the molecule is CCc1c(C=C2CN(C(=O)c3ncnc(C)c3O)C(C)(C)C2)c(=O)n2nc(C3=CCCOCC3)nc2n1CC(=O)Nc1ccc(C(F)(F)F)cc1Cl. The van der Waals surface area contributed by atoms with Crippen molar-refractivity contribution in [3.63, 3.8) is 0 Å². The molecular weight excluding hydrogens is 705 g/mol. The van der Waals surface area contributed by atoms with Gasteiger partial charge in [0.1, 0.15) is 12.9 Å². The van der Waals surface area contributed by atoms with E-state index in [0.717, 1.165) is 33.9 Å². The number of aromatic nitrogens is 6. The second-order valence-electron chi connectivity index (χ2n) is 13.2. The van der Waals surface area contributed by atoms with Crippen LogP contribution >= 0.6 is 11.6 Å². The largest absolute Gasteiger partial charge is 0.504 e. The van der Waals surface area contributed by atoms with Gasteiger partial charge >= 0.3 is 6.18 Å². The van der Waals surface area contributed by atoms with E-state index in [0.29, 0.717) is 44.0 Å². The third kappa shape index (κ3) is 7.17. The van der Waals surface area contributed by atoms with Crippen molar-refractivity contribution < 1.29 is 32.6 Å². The number of amides is 2. The maximum atomic E-state index is 14.2. The number of hydrogen-bond acceptors (Lipinski definition) is 9. The highest BCUT2D eigenvalue weighted by molar-refractivity contribution is 6.33. The predicted octanol–water partition coefficient (Wildman–Crippen LogP) is 5.47. The van der Waals surface area contributed by atoms with E-state index in [1.54, 1.807) is 22.5 Å². The average molecular weight is 741 g/mol. The van der Waals surface area contributed by atoms with Crippen LogP contribution in [0.2, 0.25) is 5.02 Å². The number of nitrogens with one attached hydrogen (secondary N) is 1. The van der Waals surface area contributed by atoms with E-state index in [4.69, 9.17) is 21.3 Å². The minimum Gasteiger partial charge on any atom is -0.504 e. The van der Waals surface area contributed by atoms with Crippen molar-refractivity contribution in [1.29, 1.82) is 0 Å². The molecule has 6 rings (SSSR count). The molecule has 0 atom stereocenters. The van der Waals surface area contributed by atoms with Gasteiger partial charge in [0.05, 0.1) is 40.7 Å². The first-order valence-electron chi connectivity index (χ1n) is 16.6. The number of benzene rings is 1. The third-order valence-corrected chi connectivity index (χ3v) is 9.42. The average Bonchev–Trinajstić information content (AvgIpc) is 3.53. The summed E-state index contributed by atoms with van der Waals surface area (Å²) < 4.78 is 47.9. The Balaban J connectivity index is 1.42. The Labute approximate surface area is 300 Å². The molecule has 17 heteroatoms. The molecule has 52 heavy (non-hydrogen) atoms. The second kappa shape index (κ2) is 14.1. The quantitative estimate of drug-likeness (QED) is 0.251. The van der Waals surface area contributed by atoms with Crippen LogP contribution in [-0.2, 0) is 28.7 Å². The number of aryl methyl sites for hydroxylation is 1. The molecule has 3 aromatic heterocycles. The van der Waals surface area contributed by atoms with E-state index in [9.17, 15) is 32.7 Å². The Hall–Kier alpha value is -5.09. The first-order valence-corrected chi connectivity index (χ1v) is 16.9. The van der Waals surface area contributed by atoms with Gasteiger partial charge in [0.15, 0.2) is 17.3 Å². The Kier molecular flexibility index (Phi) is 9.98. The van der Waals surface area contributed by atoms with E-state index >= 15 is 0 Å². The van der Waals surface area contributed by atoms with Gasteiger partial charge in [-0.05, 0) is 81.9 Å². The molecule has 0 spiro atoms. The molecule has 0 radical (unpaired) electrons. The monoisotopic (exact) mass is 740 g/mol. The molecule has 5 heterocycles. The molecule has 1 saturated heterocycles. The number of carbonyl (C=O) groups is 2. The second-order valence-corrected chi connectivity index (χ2v) is 13.6. The van der Waals surface area contributed by atoms with Crippen LogP contribution in [0.4, 0.5) is 18.9 Å². The fourth-order valence-electron chi connectivity index (χ4n) is 6.50. The van der Waals surface area contributed by atoms with Crippen LogP contribution in [0.1, 0.15) is 78.9 Å². The molecule has 13 nitrogen and oxygen atoms in total. The molecular formula is C35H36ClF3N8O5. The van der Waals surface area contributed by atoms with Crippen LogP contribution in [-0.4, -0.2) is 76.3 Å². The number of aromatic hydroxyl groups is 1. The van der Waals surface area contributed by atoms with E-state index in [1.165, 1.54) is 6.33 Å². The van der Waals surface area contributed by atoms with Crippen molar-refractivity contribution in [3.05, 3.63) is 85.6 Å². The normalized spacial score (nSPS) is 17.0. The van der Waals surface area contributed by atoms with Gasteiger partial charge in [-0.15, -0.1) is 5.10 Å². The highest BCUT2D eigenvalue weighted by atomic mass is 35.5. The summed E-state index contributed by atoms with van der Waals surface area (Å²) in [5, 5.41) is 17.4. The number of hydrogen-bond donors (Lipinski definition) is 2. The fourth-order valence-corrected chi connectivity index (χ4v) is 6.73. The van der Waals surface area contributed by atoms with Crippen LogP contribution in [0.5, 0.6) is 5.75 Å².